The van der Waals surface area contributed by atoms with Crippen LogP contribution in [-0.2, 0) is 0 Å². The van der Waals surface area contributed by atoms with Gasteiger partial charge in [-0.3, -0.25) is 0 Å². The Hall–Kier alpha value is -1.05. The lowest BCUT2D eigenvalue weighted by Crippen LogP contribution is -2.18. The molecule has 0 amide bonds. The van der Waals surface area contributed by atoms with Crippen LogP contribution in [0.15, 0.2) is 18.3 Å². The van der Waals surface area contributed by atoms with Gasteiger partial charge in [0.05, 0.1) is 0 Å². The molecule has 0 spiro atoms. The average molecular weight is 189 g/mol. The molecule has 1 aromatic rings. The fourth-order valence-electron chi connectivity index (χ4n) is 2.02. The topological polar surface area (TPSA) is 24.9 Å². The molecule has 0 unspecified atom stereocenters. The van der Waals surface area contributed by atoms with E-state index in [2.05, 4.69) is 16.4 Å². The van der Waals surface area contributed by atoms with Crippen molar-refractivity contribution < 1.29 is 0 Å². The van der Waals surface area contributed by atoms with Crippen LogP contribution in [0.1, 0.15) is 38.5 Å². The van der Waals surface area contributed by atoms with Crippen LogP contribution in [0.3, 0.4) is 0 Å². The van der Waals surface area contributed by atoms with Crippen molar-refractivity contribution in [2.75, 3.05) is 5.32 Å². The Balaban J connectivity index is 1.90. The summed E-state index contributed by atoms with van der Waals surface area (Å²) in [5.74, 6) is 0.902. The molecule has 1 radical (unpaired) electrons. The van der Waals surface area contributed by atoms with Gasteiger partial charge < -0.3 is 5.32 Å². The van der Waals surface area contributed by atoms with Gasteiger partial charge in [0.2, 0.25) is 0 Å². The molecule has 0 aliphatic heterocycles. The maximum atomic E-state index is 4.24. The maximum absolute atomic E-state index is 4.24. The lowest BCUT2D eigenvalue weighted by Gasteiger charge is -2.16. The number of hydrogen-bond acceptors (Lipinski definition) is 2. The van der Waals surface area contributed by atoms with Crippen LogP contribution in [0.4, 0.5) is 5.82 Å². The smallest absolute Gasteiger partial charge is 0.134 e. The quantitative estimate of drug-likeness (QED) is 0.723. The molecule has 1 saturated carbocycles. The fraction of sp³-hybridized carbons (Fsp3) is 0.583. The van der Waals surface area contributed by atoms with Crippen LogP contribution in [0.2, 0.25) is 0 Å². The van der Waals surface area contributed by atoms with Gasteiger partial charge in [-0.1, -0.05) is 25.7 Å². The van der Waals surface area contributed by atoms with E-state index in [1.807, 2.05) is 18.3 Å². The van der Waals surface area contributed by atoms with Gasteiger partial charge in [0.25, 0.3) is 0 Å². The Morgan fingerprint density at radius 2 is 2.00 bits per heavy atom. The van der Waals surface area contributed by atoms with Gasteiger partial charge in [-0.25, -0.2) is 4.98 Å². The molecule has 1 fully saturated rings. The van der Waals surface area contributed by atoms with E-state index in [4.69, 9.17) is 0 Å². The molecule has 75 valence electrons. The highest BCUT2D eigenvalue weighted by Crippen LogP contribution is 2.19. The van der Waals surface area contributed by atoms with Gasteiger partial charge in [0.15, 0.2) is 0 Å². The van der Waals surface area contributed by atoms with Crippen molar-refractivity contribution in [3.05, 3.63) is 24.4 Å². The van der Waals surface area contributed by atoms with Gasteiger partial charge in [-0.05, 0) is 25.0 Å². The van der Waals surface area contributed by atoms with E-state index in [-0.39, 0.29) is 0 Å². The molecular weight excluding hydrogens is 172 g/mol. The van der Waals surface area contributed by atoms with Crippen LogP contribution >= 0.6 is 0 Å². The van der Waals surface area contributed by atoms with Crippen LogP contribution in [-0.4, -0.2) is 11.0 Å². The van der Waals surface area contributed by atoms with E-state index >= 15 is 0 Å². The standard InChI is InChI=1S/C12H17N2/c1-2-4-8-11(7-3-1)14-12-9-5-6-10-13-12/h5-6,10-11H,1-4,7-8H2,(H,13,14). The minimum Gasteiger partial charge on any atom is -0.367 e. The number of nitrogens with zero attached hydrogens (tertiary/aromatic N) is 1. The highest BCUT2D eigenvalue weighted by atomic mass is 15.0. The molecule has 0 atom stereocenters. The van der Waals surface area contributed by atoms with Crippen LogP contribution in [0, 0.1) is 6.07 Å². The number of hydrogen-bond donors (Lipinski definition) is 1. The number of pyridine rings is 1. The lowest BCUT2D eigenvalue weighted by molar-refractivity contribution is 0.617. The number of anilines is 1. The molecule has 0 aromatic carbocycles. The highest BCUT2D eigenvalue weighted by Gasteiger charge is 2.11. The summed E-state index contributed by atoms with van der Waals surface area (Å²) in [7, 11) is 0. The minimum absolute atomic E-state index is 0.614. The molecule has 1 aliphatic rings. The maximum Gasteiger partial charge on any atom is 0.134 e. The summed E-state index contributed by atoms with van der Waals surface area (Å²) in [6.45, 7) is 0. The second kappa shape index (κ2) is 4.99. The molecule has 2 heteroatoms. The molecular formula is C12H17N2. The Kier molecular flexibility index (Phi) is 3.39. The number of nitrogens with one attached hydrogen (secondary N) is 1. The summed E-state index contributed by atoms with van der Waals surface area (Å²) >= 11 is 0. The summed E-state index contributed by atoms with van der Waals surface area (Å²) in [5, 5.41) is 3.45. The summed E-state index contributed by atoms with van der Waals surface area (Å²) in [6, 6.07) is 7.54. The Morgan fingerprint density at radius 3 is 2.64 bits per heavy atom. The van der Waals surface area contributed by atoms with Gasteiger partial charge in [-0.15, -0.1) is 0 Å². The first-order chi connectivity index (χ1) is 6.95. The summed E-state index contributed by atoms with van der Waals surface area (Å²) in [6.07, 6.45) is 9.87. The third-order valence-electron chi connectivity index (χ3n) is 2.80. The van der Waals surface area contributed by atoms with Crippen LogP contribution in [0.5, 0.6) is 0 Å². The largest absolute Gasteiger partial charge is 0.367 e. The van der Waals surface area contributed by atoms with Gasteiger partial charge >= 0.3 is 0 Å². The second-order valence-corrected chi connectivity index (χ2v) is 3.96. The molecule has 1 heterocycles. The minimum atomic E-state index is 0.614. The fourth-order valence-corrected chi connectivity index (χ4v) is 2.02. The summed E-state index contributed by atoms with van der Waals surface area (Å²) in [5.41, 5.74) is 0. The molecule has 1 aliphatic carbocycles. The molecule has 0 bridgehead atoms. The van der Waals surface area contributed by atoms with E-state index in [9.17, 15) is 0 Å². The van der Waals surface area contributed by atoms with Crippen LogP contribution in [0.25, 0.3) is 0 Å². The molecule has 14 heavy (non-hydrogen) atoms. The second-order valence-electron chi connectivity index (χ2n) is 3.96. The zero-order valence-electron chi connectivity index (χ0n) is 8.50. The molecule has 0 saturated heterocycles. The molecule has 2 nitrogen and oxygen atoms in total. The van der Waals surface area contributed by atoms with Gasteiger partial charge in [0, 0.05) is 18.3 Å². The van der Waals surface area contributed by atoms with E-state index in [1.165, 1.54) is 38.5 Å². The van der Waals surface area contributed by atoms with E-state index < -0.39 is 0 Å². The van der Waals surface area contributed by atoms with E-state index in [0.29, 0.717) is 6.04 Å². The first-order valence-electron chi connectivity index (χ1n) is 5.54. The predicted octanol–water partition coefficient (Wildman–Crippen LogP) is 3.02. The monoisotopic (exact) mass is 189 g/mol. The van der Waals surface area contributed by atoms with Crippen molar-refractivity contribution in [3.63, 3.8) is 0 Å². The van der Waals surface area contributed by atoms with E-state index in [1.54, 1.807) is 0 Å². The Labute approximate surface area is 85.7 Å². The zero-order valence-corrected chi connectivity index (χ0v) is 8.50. The van der Waals surface area contributed by atoms with Crippen molar-refractivity contribution in [2.24, 2.45) is 0 Å². The Bertz CT molecular complexity index is 250. The van der Waals surface area contributed by atoms with Crippen molar-refractivity contribution in [3.8, 4) is 0 Å². The lowest BCUT2D eigenvalue weighted by atomic mass is 10.1. The predicted molar refractivity (Wildman–Crippen MR) is 58.2 cm³/mol. The SMILES string of the molecule is [c]1cccnc1NC1CCCCCC1. The zero-order chi connectivity index (χ0) is 9.64. The van der Waals surface area contributed by atoms with Crippen molar-refractivity contribution >= 4 is 5.82 Å². The molecule has 1 N–H and O–H groups in total. The van der Waals surface area contributed by atoms with Gasteiger partial charge in [-0.2, -0.15) is 0 Å². The van der Waals surface area contributed by atoms with Crippen molar-refractivity contribution in [1.82, 2.24) is 4.98 Å². The first-order valence-corrected chi connectivity index (χ1v) is 5.54. The Morgan fingerprint density at radius 1 is 1.21 bits per heavy atom. The molecule has 2 rings (SSSR count). The van der Waals surface area contributed by atoms with Crippen molar-refractivity contribution in [2.45, 2.75) is 44.6 Å². The van der Waals surface area contributed by atoms with E-state index in [0.717, 1.165) is 5.82 Å². The van der Waals surface area contributed by atoms with Crippen molar-refractivity contribution in [1.29, 1.82) is 0 Å². The normalized spacial score (nSPS) is 18.9. The molecule has 1 aromatic heterocycles. The highest BCUT2D eigenvalue weighted by molar-refractivity contribution is 5.32. The average Bonchev–Trinajstić information content (AvgIpc) is 2.48. The summed E-state index contributed by atoms with van der Waals surface area (Å²) in [4.78, 5) is 4.24. The third-order valence-corrected chi connectivity index (χ3v) is 2.80. The third kappa shape index (κ3) is 2.72. The van der Waals surface area contributed by atoms with Crippen LogP contribution < -0.4 is 5.32 Å². The van der Waals surface area contributed by atoms with Gasteiger partial charge in [0.1, 0.15) is 5.82 Å². The number of aromatic nitrogens is 1. The first kappa shape index (κ1) is 9.50. The number of rotatable bonds is 2. The summed E-state index contributed by atoms with van der Waals surface area (Å²) < 4.78 is 0.